The van der Waals surface area contributed by atoms with Crippen molar-refractivity contribution in [3.8, 4) is 0 Å². The normalized spacial score (nSPS) is 17.1. The number of amides is 2. The van der Waals surface area contributed by atoms with E-state index in [0.717, 1.165) is 5.56 Å². The molecule has 2 rings (SSSR count). The summed E-state index contributed by atoms with van der Waals surface area (Å²) in [5.74, 6) is -0.190. The lowest BCUT2D eigenvalue weighted by molar-refractivity contribution is -0.139. The first-order valence-electron chi connectivity index (χ1n) is 7.75. The van der Waals surface area contributed by atoms with Crippen LogP contribution in [0.4, 0.5) is 4.79 Å². The molecule has 0 saturated carbocycles. The van der Waals surface area contributed by atoms with E-state index in [1.165, 1.54) is 4.90 Å². The van der Waals surface area contributed by atoms with Crippen LogP contribution in [0.15, 0.2) is 30.3 Å². The van der Waals surface area contributed by atoms with Crippen LogP contribution in [0.3, 0.4) is 0 Å². The predicted molar refractivity (Wildman–Crippen MR) is 85.8 cm³/mol. The molecule has 6 nitrogen and oxygen atoms in total. The Morgan fingerprint density at radius 3 is 2.43 bits per heavy atom. The van der Waals surface area contributed by atoms with Crippen LogP contribution in [-0.2, 0) is 9.53 Å². The SMILES string of the molecule is CC(C)(C)OC(=O)N1CCN([C@@H](CO)c2ccccc2)C(=O)C1. The summed E-state index contributed by atoms with van der Waals surface area (Å²) in [7, 11) is 0. The minimum atomic E-state index is -0.588. The van der Waals surface area contributed by atoms with Gasteiger partial charge < -0.3 is 14.7 Å². The van der Waals surface area contributed by atoms with Crippen molar-refractivity contribution in [1.29, 1.82) is 0 Å². The van der Waals surface area contributed by atoms with E-state index in [-0.39, 0.29) is 25.1 Å². The molecule has 0 unspecified atom stereocenters. The summed E-state index contributed by atoms with van der Waals surface area (Å²) in [5.41, 5.74) is 0.295. The van der Waals surface area contributed by atoms with Crippen LogP contribution in [0.2, 0.25) is 0 Å². The highest BCUT2D eigenvalue weighted by molar-refractivity contribution is 5.84. The Kier molecular flexibility index (Phi) is 5.26. The van der Waals surface area contributed by atoms with Gasteiger partial charge in [-0.15, -0.1) is 0 Å². The fourth-order valence-corrected chi connectivity index (χ4v) is 2.56. The zero-order valence-electron chi connectivity index (χ0n) is 13.9. The Bertz CT molecular complexity index is 553. The van der Waals surface area contributed by atoms with Gasteiger partial charge in [-0.25, -0.2) is 4.79 Å². The number of rotatable bonds is 3. The molecule has 1 atom stereocenters. The molecule has 1 aromatic rings. The lowest BCUT2D eigenvalue weighted by atomic mass is 10.1. The predicted octanol–water partition coefficient (Wildman–Crippen LogP) is 1.80. The molecule has 0 bridgehead atoms. The molecule has 6 heteroatoms. The summed E-state index contributed by atoms with van der Waals surface area (Å²) >= 11 is 0. The van der Waals surface area contributed by atoms with Crippen molar-refractivity contribution < 1.29 is 19.4 Å². The highest BCUT2D eigenvalue weighted by Gasteiger charge is 2.33. The van der Waals surface area contributed by atoms with Gasteiger partial charge in [-0.3, -0.25) is 9.69 Å². The first kappa shape index (κ1) is 17.3. The van der Waals surface area contributed by atoms with Crippen molar-refractivity contribution in [2.75, 3.05) is 26.2 Å². The number of ether oxygens (including phenoxy) is 1. The van der Waals surface area contributed by atoms with Gasteiger partial charge in [0.2, 0.25) is 5.91 Å². The van der Waals surface area contributed by atoms with Crippen molar-refractivity contribution in [2.24, 2.45) is 0 Å². The summed E-state index contributed by atoms with van der Waals surface area (Å²) in [5, 5.41) is 9.68. The number of aliphatic hydroxyl groups is 1. The third-order valence-electron chi connectivity index (χ3n) is 3.64. The third-order valence-corrected chi connectivity index (χ3v) is 3.64. The second kappa shape index (κ2) is 7.00. The van der Waals surface area contributed by atoms with E-state index in [9.17, 15) is 14.7 Å². The van der Waals surface area contributed by atoms with Crippen LogP contribution >= 0.6 is 0 Å². The van der Waals surface area contributed by atoms with E-state index >= 15 is 0 Å². The molecule has 0 radical (unpaired) electrons. The van der Waals surface area contributed by atoms with Gasteiger partial charge in [0.05, 0.1) is 12.6 Å². The zero-order valence-corrected chi connectivity index (χ0v) is 13.9. The summed E-state index contributed by atoms with van der Waals surface area (Å²) < 4.78 is 5.30. The van der Waals surface area contributed by atoms with Gasteiger partial charge in [-0.1, -0.05) is 30.3 Å². The molecule has 1 aromatic carbocycles. The number of piperazine rings is 1. The van der Waals surface area contributed by atoms with E-state index in [1.54, 1.807) is 25.7 Å². The van der Waals surface area contributed by atoms with Gasteiger partial charge in [0, 0.05) is 13.1 Å². The van der Waals surface area contributed by atoms with Gasteiger partial charge in [-0.05, 0) is 26.3 Å². The molecule has 1 aliphatic heterocycles. The Morgan fingerprint density at radius 1 is 1.26 bits per heavy atom. The number of benzene rings is 1. The number of carbonyl (C=O) groups is 2. The lowest BCUT2D eigenvalue weighted by Gasteiger charge is -2.38. The van der Waals surface area contributed by atoms with Crippen LogP contribution < -0.4 is 0 Å². The van der Waals surface area contributed by atoms with Crippen molar-refractivity contribution >= 4 is 12.0 Å². The Morgan fingerprint density at radius 2 is 1.91 bits per heavy atom. The molecule has 0 aromatic heterocycles. The van der Waals surface area contributed by atoms with Gasteiger partial charge in [0.25, 0.3) is 0 Å². The Balaban J connectivity index is 2.04. The van der Waals surface area contributed by atoms with Crippen LogP contribution in [0.5, 0.6) is 0 Å². The van der Waals surface area contributed by atoms with Crippen molar-refractivity contribution in [3.05, 3.63) is 35.9 Å². The molecule has 2 amide bonds. The van der Waals surface area contributed by atoms with E-state index in [4.69, 9.17) is 4.74 Å². The molecular formula is C17H24N2O4. The van der Waals surface area contributed by atoms with Crippen LogP contribution in [0.1, 0.15) is 32.4 Å². The molecular weight excluding hydrogens is 296 g/mol. The highest BCUT2D eigenvalue weighted by atomic mass is 16.6. The molecule has 1 aliphatic rings. The molecule has 126 valence electrons. The van der Waals surface area contributed by atoms with Crippen LogP contribution in [0, 0.1) is 0 Å². The molecule has 0 spiro atoms. The van der Waals surface area contributed by atoms with E-state index in [2.05, 4.69) is 0 Å². The summed E-state index contributed by atoms with van der Waals surface area (Å²) in [4.78, 5) is 27.5. The average Bonchev–Trinajstić information content (AvgIpc) is 2.49. The lowest BCUT2D eigenvalue weighted by Crippen LogP contribution is -2.54. The van der Waals surface area contributed by atoms with Gasteiger partial charge in [0.15, 0.2) is 0 Å². The smallest absolute Gasteiger partial charge is 0.410 e. The van der Waals surface area contributed by atoms with E-state index in [0.29, 0.717) is 13.1 Å². The summed E-state index contributed by atoms with van der Waals surface area (Å²) in [6, 6.07) is 9.02. The zero-order chi connectivity index (χ0) is 17.0. The quantitative estimate of drug-likeness (QED) is 0.922. The highest BCUT2D eigenvalue weighted by Crippen LogP contribution is 2.23. The fourth-order valence-electron chi connectivity index (χ4n) is 2.56. The Labute approximate surface area is 136 Å². The summed E-state index contributed by atoms with van der Waals surface area (Å²) in [6.45, 7) is 5.96. The van der Waals surface area contributed by atoms with Gasteiger partial charge in [0.1, 0.15) is 12.1 Å². The molecule has 1 N–H and O–H groups in total. The number of aliphatic hydroxyl groups excluding tert-OH is 1. The number of hydrogen-bond donors (Lipinski definition) is 1. The maximum Gasteiger partial charge on any atom is 0.410 e. The first-order valence-corrected chi connectivity index (χ1v) is 7.75. The minimum Gasteiger partial charge on any atom is -0.444 e. The summed E-state index contributed by atoms with van der Waals surface area (Å²) in [6.07, 6.45) is -0.481. The van der Waals surface area contributed by atoms with Crippen molar-refractivity contribution in [1.82, 2.24) is 9.80 Å². The Hall–Kier alpha value is -2.08. The number of carbonyl (C=O) groups excluding carboxylic acids is 2. The number of hydrogen-bond acceptors (Lipinski definition) is 4. The monoisotopic (exact) mass is 320 g/mol. The fraction of sp³-hybridized carbons (Fsp3) is 0.529. The van der Waals surface area contributed by atoms with Crippen LogP contribution in [-0.4, -0.2) is 58.7 Å². The minimum absolute atomic E-state index is 0.0295. The number of nitrogens with zero attached hydrogens (tertiary/aromatic N) is 2. The van der Waals surface area contributed by atoms with Crippen LogP contribution in [0.25, 0.3) is 0 Å². The van der Waals surface area contributed by atoms with E-state index < -0.39 is 11.7 Å². The maximum absolute atomic E-state index is 12.4. The van der Waals surface area contributed by atoms with Crippen molar-refractivity contribution in [2.45, 2.75) is 32.4 Å². The second-order valence-electron chi connectivity index (χ2n) is 6.60. The topological polar surface area (TPSA) is 70.1 Å². The van der Waals surface area contributed by atoms with Crippen molar-refractivity contribution in [3.63, 3.8) is 0 Å². The van der Waals surface area contributed by atoms with E-state index in [1.807, 2.05) is 30.3 Å². The molecule has 0 aliphatic carbocycles. The molecule has 23 heavy (non-hydrogen) atoms. The average molecular weight is 320 g/mol. The first-order chi connectivity index (χ1) is 10.8. The van der Waals surface area contributed by atoms with Gasteiger partial charge >= 0.3 is 6.09 Å². The molecule has 1 heterocycles. The largest absolute Gasteiger partial charge is 0.444 e. The second-order valence-corrected chi connectivity index (χ2v) is 6.60. The van der Waals surface area contributed by atoms with Gasteiger partial charge in [-0.2, -0.15) is 0 Å². The maximum atomic E-state index is 12.4. The molecule has 1 saturated heterocycles. The molecule has 1 fully saturated rings. The standard InChI is InChI=1S/C17H24N2O4/c1-17(2,3)23-16(22)18-9-10-19(15(21)11-18)14(12-20)13-7-5-4-6-8-13/h4-8,14,20H,9-12H2,1-3H3/t14-/m0/s1. The third kappa shape index (κ3) is 4.45.